The van der Waals surface area contributed by atoms with Crippen LogP contribution >= 0.6 is 0 Å². The number of aromatic hydroxyl groups is 1. The average Bonchev–Trinajstić information content (AvgIpc) is 3.29. The van der Waals surface area contributed by atoms with E-state index in [0.717, 1.165) is 5.69 Å². The van der Waals surface area contributed by atoms with Gasteiger partial charge < -0.3 is 20.2 Å². The molecule has 1 atom stereocenters. The summed E-state index contributed by atoms with van der Waals surface area (Å²) in [4.78, 5) is 31.7. The van der Waals surface area contributed by atoms with Crippen molar-refractivity contribution < 1.29 is 23.1 Å². The number of benzene rings is 2. The molecule has 0 spiro atoms. The molecule has 10 heteroatoms. The number of nitrogens with zero attached hydrogens (tertiary/aromatic N) is 3. The lowest BCUT2D eigenvalue weighted by Crippen LogP contribution is -2.51. The molecule has 4 rings (SSSR count). The number of nitrogens with one attached hydrogen (secondary N) is 1. The van der Waals surface area contributed by atoms with Gasteiger partial charge in [0.25, 0.3) is 0 Å². The van der Waals surface area contributed by atoms with E-state index < -0.39 is 9.84 Å². The lowest BCUT2D eigenvalue weighted by molar-refractivity contribution is -0.132. The number of sulfone groups is 1. The molecule has 2 aromatic carbocycles. The highest BCUT2D eigenvalue weighted by molar-refractivity contribution is 7.90. The van der Waals surface area contributed by atoms with Crippen molar-refractivity contribution in [2.45, 2.75) is 11.3 Å². The maximum Gasteiger partial charge on any atom is 0.236 e. The third-order valence-corrected chi connectivity index (χ3v) is 7.53. The van der Waals surface area contributed by atoms with Gasteiger partial charge in [-0.25, -0.2) is 8.42 Å². The Morgan fingerprint density at radius 2 is 1.62 bits per heavy atom. The van der Waals surface area contributed by atoms with Gasteiger partial charge in [-0.1, -0.05) is 0 Å². The quantitative estimate of drug-likeness (QED) is 0.594. The lowest BCUT2D eigenvalue weighted by atomic mass is 10.1. The summed E-state index contributed by atoms with van der Waals surface area (Å²) in [6.07, 6.45) is 1.89. The molecule has 2 fully saturated rings. The molecule has 2 aromatic rings. The van der Waals surface area contributed by atoms with Crippen LogP contribution in [0.15, 0.2) is 53.4 Å². The molecule has 2 heterocycles. The number of hydrogen-bond donors (Lipinski definition) is 2. The molecule has 0 aliphatic carbocycles. The summed E-state index contributed by atoms with van der Waals surface area (Å²) < 4.78 is 23.3. The van der Waals surface area contributed by atoms with Gasteiger partial charge in [-0.3, -0.25) is 14.5 Å². The minimum Gasteiger partial charge on any atom is -0.508 e. The monoisotopic (exact) mass is 486 g/mol. The van der Waals surface area contributed by atoms with Crippen molar-refractivity contribution in [3.63, 3.8) is 0 Å². The highest BCUT2D eigenvalue weighted by Gasteiger charge is 2.31. The van der Waals surface area contributed by atoms with Crippen molar-refractivity contribution >= 4 is 33.0 Å². The highest BCUT2D eigenvalue weighted by atomic mass is 32.2. The second-order valence-electron chi connectivity index (χ2n) is 8.89. The Bertz CT molecular complexity index is 1130. The van der Waals surface area contributed by atoms with Crippen LogP contribution < -0.4 is 10.2 Å². The Labute approximate surface area is 199 Å². The van der Waals surface area contributed by atoms with Gasteiger partial charge in [0.1, 0.15) is 5.75 Å². The standard InChI is InChI=1S/C24H30N4O5S/c1-34(32,33)22-8-4-20(5-9-22)27-12-14-28(15-13-27)23(30)17-26-11-10-18(16-26)24(31)25-19-2-6-21(29)7-3-19/h2-9,18,29H,10-17H2,1H3,(H,25,31). The zero-order valence-electron chi connectivity index (χ0n) is 19.2. The van der Waals surface area contributed by atoms with E-state index in [0.29, 0.717) is 62.8 Å². The predicted molar refractivity (Wildman–Crippen MR) is 130 cm³/mol. The fourth-order valence-corrected chi connectivity index (χ4v) is 5.02. The molecule has 2 amide bonds. The van der Waals surface area contributed by atoms with Gasteiger partial charge in [-0.05, 0) is 61.5 Å². The average molecular weight is 487 g/mol. The van der Waals surface area contributed by atoms with Crippen LogP contribution in [-0.2, 0) is 19.4 Å². The number of anilines is 2. The van der Waals surface area contributed by atoms with E-state index in [1.54, 1.807) is 36.4 Å². The summed E-state index contributed by atoms with van der Waals surface area (Å²) in [6.45, 7) is 4.11. The lowest BCUT2D eigenvalue weighted by Gasteiger charge is -2.36. The van der Waals surface area contributed by atoms with E-state index in [-0.39, 0.29) is 23.5 Å². The number of piperazine rings is 1. The summed E-state index contributed by atoms with van der Waals surface area (Å²) in [5, 5.41) is 12.2. The van der Waals surface area contributed by atoms with E-state index >= 15 is 0 Å². The smallest absolute Gasteiger partial charge is 0.236 e. The first-order valence-electron chi connectivity index (χ1n) is 11.3. The molecule has 0 aromatic heterocycles. The number of carbonyl (C=O) groups excluding carboxylic acids is 2. The molecule has 9 nitrogen and oxygen atoms in total. The van der Waals surface area contributed by atoms with Crippen molar-refractivity contribution in [3.8, 4) is 5.75 Å². The molecule has 2 saturated heterocycles. The number of rotatable bonds is 6. The number of likely N-dealkylation sites (tertiary alicyclic amines) is 1. The number of phenolic OH excluding ortho intramolecular Hbond substituents is 1. The van der Waals surface area contributed by atoms with Gasteiger partial charge in [0, 0.05) is 50.4 Å². The predicted octanol–water partition coefficient (Wildman–Crippen LogP) is 1.40. The Hall–Kier alpha value is -3.11. The van der Waals surface area contributed by atoms with E-state index in [4.69, 9.17) is 0 Å². The van der Waals surface area contributed by atoms with E-state index in [9.17, 15) is 23.1 Å². The first-order valence-corrected chi connectivity index (χ1v) is 13.2. The van der Waals surface area contributed by atoms with Gasteiger partial charge in [-0.2, -0.15) is 0 Å². The van der Waals surface area contributed by atoms with Crippen LogP contribution in [0.1, 0.15) is 6.42 Å². The largest absolute Gasteiger partial charge is 0.508 e. The first-order chi connectivity index (χ1) is 16.2. The fourth-order valence-electron chi connectivity index (χ4n) is 4.39. The third-order valence-electron chi connectivity index (χ3n) is 6.40. The summed E-state index contributed by atoms with van der Waals surface area (Å²) in [5.41, 5.74) is 1.59. The summed E-state index contributed by atoms with van der Waals surface area (Å²) in [6, 6.07) is 13.2. The van der Waals surface area contributed by atoms with Crippen LogP contribution in [-0.4, -0.2) is 87.2 Å². The molecule has 0 saturated carbocycles. The maximum atomic E-state index is 12.8. The van der Waals surface area contributed by atoms with Crippen LogP contribution in [0.25, 0.3) is 0 Å². The molecule has 2 N–H and O–H groups in total. The Kier molecular flexibility index (Phi) is 7.08. The highest BCUT2D eigenvalue weighted by Crippen LogP contribution is 2.22. The topological polar surface area (TPSA) is 110 Å². The Balaban J connectivity index is 1.23. The third kappa shape index (κ3) is 5.87. The van der Waals surface area contributed by atoms with Crippen molar-refractivity contribution in [3.05, 3.63) is 48.5 Å². The SMILES string of the molecule is CS(=O)(=O)c1ccc(N2CCN(C(=O)CN3CCC(C(=O)Nc4ccc(O)cc4)C3)CC2)cc1. The van der Waals surface area contributed by atoms with Gasteiger partial charge in [-0.15, -0.1) is 0 Å². The molecule has 2 aliphatic heterocycles. The Morgan fingerprint density at radius 1 is 0.971 bits per heavy atom. The van der Waals surface area contributed by atoms with Gasteiger partial charge in [0.15, 0.2) is 9.84 Å². The molecule has 2 aliphatic rings. The molecule has 1 unspecified atom stereocenters. The van der Waals surface area contributed by atoms with Crippen LogP contribution in [0.3, 0.4) is 0 Å². The van der Waals surface area contributed by atoms with Gasteiger partial charge >= 0.3 is 0 Å². The van der Waals surface area contributed by atoms with E-state index in [2.05, 4.69) is 10.2 Å². The fraction of sp³-hybridized carbons (Fsp3) is 0.417. The molecule has 182 valence electrons. The number of phenols is 1. The molecular weight excluding hydrogens is 456 g/mol. The summed E-state index contributed by atoms with van der Waals surface area (Å²) in [7, 11) is -3.22. The molecule has 34 heavy (non-hydrogen) atoms. The first kappa shape index (κ1) is 24.0. The Morgan fingerprint density at radius 3 is 2.24 bits per heavy atom. The van der Waals surface area contributed by atoms with Crippen molar-refractivity contribution in [1.82, 2.24) is 9.80 Å². The van der Waals surface area contributed by atoms with Crippen molar-refractivity contribution in [2.24, 2.45) is 5.92 Å². The van der Waals surface area contributed by atoms with Crippen molar-refractivity contribution in [1.29, 1.82) is 0 Å². The van der Waals surface area contributed by atoms with E-state index in [1.807, 2.05) is 9.80 Å². The van der Waals surface area contributed by atoms with Crippen LogP contribution in [0.2, 0.25) is 0 Å². The van der Waals surface area contributed by atoms with Crippen LogP contribution in [0.4, 0.5) is 11.4 Å². The summed E-state index contributed by atoms with van der Waals surface area (Å²) >= 11 is 0. The van der Waals surface area contributed by atoms with Gasteiger partial charge in [0.05, 0.1) is 17.4 Å². The molecular formula is C24H30N4O5S. The van der Waals surface area contributed by atoms with Crippen LogP contribution in [0.5, 0.6) is 5.75 Å². The number of hydrogen-bond acceptors (Lipinski definition) is 7. The minimum atomic E-state index is -3.22. The molecule has 0 radical (unpaired) electrons. The van der Waals surface area contributed by atoms with Crippen molar-refractivity contribution in [2.75, 3.05) is 62.3 Å². The summed E-state index contributed by atoms with van der Waals surface area (Å²) in [5.74, 6) is -0.0367. The minimum absolute atomic E-state index is 0.0617. The number of carbonyl (C=O) groups is 2. The van der Waals surface area contributed by atoms with Crippen LogP contribution in [0, 0.1) is 5.92 Å². The second-order valence-corrected chi connectivity index (χ2v) is 10.9. The van der Waals surface area contributed by atoms with Gasteiger partial charge in [0.2, 0.25) is 11.8 Å². The van der Waals surface area contributed by atoms with E-state index in [1.165, 1.54) is 18.4 Å². The zero-order valence-corrected chi connectivity index (χ0v) is 20.0. The number of amides is 2. The second kappa shape index (κ2) is 10.0. The maximum absolute atomic E-state index is 12.8. The normalized spacial score (nSPS) is 19.3. The molecule has 0 bridgehead atoms. The zero-order chi connectivity index (χ0) is 24.3.